The highest BCUT2D eigenvalue weighted by atomic mass is 19.4. The second-order valence-corrected chi connectivity index (χ2v) is 11.1. The summed E-state index contributed by atoms with van der Waals surface area (Å²) in [6, 6.07) is 6.30. The Morgan fingerprint density at radius 3 is 2.45 bits per heavy atom. The number of aromatic nitrogens is 5. The Bertz CT molecular complexity index is 1570. The lowest BCUT2D eigenvalue weighted by Crippen LogP contribution is -2.37. The highest BCUT2D eigenvalue weighted by Crippen LogP contribution is 2.35. The molecule has 0 atom stereocenters. The van der Waals surface area contributed by atoms with Crippen LogP contribution in [0.5, 0.6) is 0 Å². The first kappa shape index (κ1) is 28.5. The molecule has 0 spiro atoms. The minimum Gasteiger partial charge on any atom is -0.379 e. The Hall–Kier alpha value is -3.61. The predicted molar refractivity (Wildman–Crippen MR) is 152 cm³/mol. The van der Waals surface area contributed by atoms with E-state index in [0.717, 1.165) is 75.2 Å². The Balaban J connectivity index is 1.06. The van der Waals surface area contributed by atoms with Gasteiger partial charge in [-0.05, 0) is 79.6 Å². The molecule has 3 aromatic heterocycles. The van der Waals surface area contributed by atoms with E-state index in [2.05, 4.69) is 29.9 Å². The summed E-state index contributed by atoms with van der Waals surface area (Å²) in [4.78, 5) is 28.0. The zero-order chi connectivity index (χ0) is 29.1. The van der Waals surface area contributed by atoms with Crippen LogP contribution in [-0.4, -0.2) is 87.0 Å². The largest absolute Gasteiger partial charge is 0.416 e. The third kappa shape index (κ3) is 6.55. The number of piperidine rings is 1. The predicted octanol–water partition coefficient (Wildman–Crippen LogP) is 3.82. The van der Waals surface area contributed by atoms with Crippen molar-refractivity contribution in [1.29, 1.82) is 0 Å². The van der Waals surface area contributed by atoms with Crippen LogP contribution in [0.2, 0.25) is 0 Å². The van der Waals surface area contributed by atoms with Crippen molar-refractivity contribution < 1.29 is 17.9 Å². The molecule has 4 aromatic rings. The number of alkyl halides is 3. The topological polar surface area (TPSA) is 92.2 Å². The van der Waals surface area contributed by atoms with Crippen molar-refractivity contribution in [2.24, 2.45) is 0 Å². The lowest BCUT2D eigenvalue weighted by Gasteiger charge is -2.32. The van der Waals surface area contributed by atoms with Crippen LogP contribution in [0, 0.1) is 0 Å². The molecule has 2 aliphatic rings. The summed E-state index contributed by atoms with van der Waals surface area (Å²) in [5, 5.41) is 4.90. The quantitative estimate of drug-likeness (QED) is 0.338. The number of aromatic amines is 1. The maximum Gasteiger partial charge on any atom is 0.416 e. The third-order valence-electron chi connectivity index (χ3n) is 8.33. The number of morpholine rings is 1. The molecular weight excluding hydrogens is 547 g/mol. The number of ether oxygens (including phenoxy) is 1. The van der Waals surface area contributed by atoms with Gasteiger partial charge in [-0.1, -0.05) is 6.07 Å². The standard InChI is InChI=1S/C30H34F3N7O2/c31-30(32,33)25-16-21(2-7-39-11-13-42-14-12-39)15-24(17-25)23-4-9-38(10-5-23)8-3-22-18-37-40(19-22)28-27-26(1-6-34-28)29(41)36-20-35-27/h1,6,15-20,23H,2-5,7-14H2,(H,35,36,41). The summed E-state index contributed by atoms with van der Waals surface area (Å²) >= 11 is 0. The molecule has 2 fully saturated rings. The number of nitrogens with zero attached hydrogens (tertiary/aromatic N) is 6. The first-order chi connectivity index (χ1) is 20.3. The number of H-pyrrole nitrogens is 1. The molecule has 0 amide bonds. The van der Waals surface area contributed by atoms with E-state index in [1.54, 1.807) is 23.1 Å². The van der Waals surface area contributed by atoms with Gasteiger partial charge in [-0.3, -0.25) is 9.69 Å². The van der Waals surface area contributed by atoms with E-state index in [0.29, 0.717) is 36.4 Å². The van der Waals surface area contributed by atoms with Crippen LogP contribution in [0.3, 0.4) is 0 Å². The van der Waals surface area contributed by atoms with Gasteiger partial charge < -0.3 is 14.6 Å². The number of halogens is 3. The molecule has 9 nitrogen and oxygen atoms in total. The molecular formula is C30H34F3N7O2. The second kappa shape index (κ2) is 12.3. The average Bonchev–Trinajstić information content (AvgIpc) is 3.48. The molecule has 1 N–H and O–H groups in total. The molecule has 0 radical (unpaired) electrons. The minimum absolute atomic E-state index is 0.113. The summed E-state index contributed by atoms with van der Waals surface area (Å²) in [5.41, 5.74) is 2.30. The lowest BCUT2D eigenvalue weighted by molar-refractivity contribution is -0.137. The van der Waals surface area contributed by atoms with E-state index >= 15 is 0 Å². The van der Waals surface area contributed by atoms with E-state index in [9.17, 15) is 18.0 Å². The number of rotatable bonds is 8. The van der Waals surface area contributed by atoms with Crippen molar-refractivity contribution in [3.05, 3.63) is 81.8 Å². The van der Waals surface area contributed by atoms with Gasteiger partial charge in [0, 0.05) is 38.6 Å². The zero-order valence-corrected chi connectivity index (χ0v) is 23.3. The normalized spacial score (nSPS) is 17.7. The van der Waals surface area contributed by atoms with Crippen molar-refractivity contribution in [2.75, 3.05) is 52.5 Å². The fraction of sp³-hybridized carbons (Fsp3) is 0.467. The third-order valence-corrected chi connectivity index (χ3v) is 8.33. The highest BCUT2D eigenvalue weighted by Gasteiger charge is 2.32. The van der Waals surface area contributed by atoms with Crippen molar-refractivity contribution in [3.8, 4) is 5.82 Å². The Morgan fingerprint density at radius 2 is 1.69 bits per heavy atom. The van der Waals surface area contributed by atoms with Gasteiger partial charge in [-0.15, -0.1) is 0 Å². The van der Waals surface area contributed by atoms with E-state index in [1.807, 2.05) is 12.3 Å². The lowest BCUT2D eigenvalue weighted by atomic mass is 9.87. The smallest absolute Gasteiger partial charge is 0.379 e. The monoisotopic (exact) mass is 581 g/mol. The van der Waals surface area contributed by atoms with Crippen LogP contribution >= 0.6 is 0 Å². The molecule has 12 heteroatoms. The Kier molecular flexibility index (Phi) is 8.36. The Labute approximate surface area is 241 Å². The number of hydrogen-bond acceptors (Lipinski definition) is 7. The molecule has 6 rings (SSSR count). The van der Waals surface area contributed by atoms with E-state index in [4.69, 9.17) is 4.74 Å². The van der Waals surface area contributed by atoms with Crippen LogP contribution < -0.4 is 5.56 Å². The summed E-state index contributed by atoms with van der Waals surface area (Å²) < 4.78 is 48.3. The maximum absolute atomic E-state index is 13.8. The summed E-state index contributed by atoms with van der Waals surface area (Å²) in [5.74, 6) is 0.609. The summed E-state index contributed by atoms with van der Waals surface area (Å²) in [7, 11) is 0. The van der Waals surface area contributed by atoms with E-state index in [-0.39, 0.29) is 11.5 Å². The van der Waals surface area contributed by atoms with Crippen LogP contribution in [0.15, 0.2) is 54.0 Å². The van der Waals surface area contributed by atoms with Crippen molar-refractivity contribution in [1.82, 2.24) is 34.5 Å². The van der Waals surface area contributed by atoms with Gasteiger partial charge in [0.2, 0.25) is 0 Å². The van der Waals surface area contributed by atoms with Gasteiger partial charge in [0.15, 0.2) is 5.82 Å². The molecule has 0 unspecified atom stereocenters. The van der Waals surface area contributed by atoms with Gasteiger partial charge >= 0.3 is 6.18 Å². The number of fused-ring (bicyclic) bond motifs is 1. The van der Waals surface area contributed by atoms with Crippen molar-refractivity contribution in [2.45, 2.75) is 37.8 Å². The molecule has 0 bridgehead atoms. The van der Waals surface area contributed by atoms with Crippen LogP contribution in [0.1, 0.15) is 41.0 Å². The van der Waals surface area contributed by atoms with Crippen LogP contribution in [0.4, 0.5) is 13.2 Å². The van der Waals surface area contributed by atoms with Gasteiger partial charge in [-0.2, -0.15) is 18.3 Å². The molecule has 0 aliphatic carbocycles. The molecule has 42 heavy (non-hydrogen) atoms. The first-order valence-electron chi connectivity index (χ1n) is 14.4. The molecule has 2 aliphatic heterocycles. The fourth-order valence-electron chi connectivity index (χ4n) is 5.91. The first-order valence-corrected chi connectivity index (χ1v) is 14.4. The number of hydrogen-bond donors (Lipinski definition) is 1. The molecule has 222 valence electrons. The van der Waals surface area contributed by atoms with Gasteiger partial charge in [0.25, 0.3) is 5.56 Å². The molecule has 5 heterocycles. The Morgan fingerprint density at radius 1 is 0.952 bits per heavy atom. The van der Waals surface area contributed by atoms with Crippen LogP contribution in [-0.2, 0) is 23.8 Å². The fourth-order valence-corrected chi connectivity index (χ4v) is 5.91. The van der Waals surface area contributed by atoms with Gasteiger partial charge in [-0.25, -0.2) is 14.6 Å². The average molecular weight is 582 g/mol. The van der Waals surface area contributed by atoms with Gasteiger partial charge in [0.1, 0.15) is 5.52 Å². The second-order valence-electron chi connectivity index (χ2n) is 11.1. The number of nitrogens with one attached hydrogen (secondary N) is 1. The van der Waals surface area contributed by atoms with Crippen molar-refractivity contribution in [3.63, 3.8) is 0 Å². The highest BCUT2D eigenvalue weighted by molar-refractivity contribution is 5.83. The van der Waals surface area contributed by atoms with Crippen molar-refractivity contribution >= 4 is 10.9 Å². The van der Waals surface area contributed by atoms with Crippen LogP contribution in [0.25, 0.3) is 16.7 Å². The van der Waals surface area contributed by atoms with E-state index < -0.39 is 11.7 Å². The molecule has 1 aromatic carbocycles. The molecule has 0 saturated carbocycles. The summed E-state index contributed by atoms with van der Waals surface area (Å²) in [6.45, 7) is 6.22. The minimum atomic E-state index is -4.36. The zero-order valence-electron chi connectivity index (χ0n) is 23.3. The number of benzene rings is 1. The number of pyridine rings is 1. The maximum atomic E-state index is 13.8. The number of likely N-dealkylation sites (tertiary alicyclic amines) is 1. The van der Waals surface area contributed by atoms with Gasteiger partial charge in [0.05, 0.1) is 36.7 Å². The van der Waals surface area contributed by atoms with E-state index in [1.165, 1.54) is 18.5 Å². The molecule has 2 saturated heterocycles. The summed E-state index contributed by atoms with van der Waals surface area (Å²) in [6.07, 6.45) is 5.28. The SMILES string of the molecule is O=c1[nH]cnc2c(-n3cc(CCN4CCC(c5cc(CCN6CCOCC6)cc(C(F)(F)F)c5)CC4)cn3)nccc12.